The number of carbonyl (C=O) groups is 1. The van der Waals surface area contributed by atoms with E-state index in [1.54, 1.807) is 23.1 Å². The molecule has 1 aliphatic heterocycles. The second-order valence-electron chi connectivity index (χ2n) is 4.96. The standard InChI is InChI=1S/C15H22N2O3/c1-3-17(15(19)14-10-16-7-8-20-14)11(2)12-5-4-6-13(18)9-12/h4-6,9,11,14,16,18H,3,7-8,10H2,1-2H3. The van der Waals surface area contributed by atoms with Crippen molar-refractivity contribution in [2.24, 2.45) is 0 Å². The largest absolute Gasteiger partial charge is 0.508 e. The van der Waals surface area contributed by atoms with Crippen LogP contribution in [0.1, 0.15) is 25.5 Å². The number of nitrogens with one attached hydrogen (secondary N) is 1. The van der Waals surface area contributed by atoms with Crippen LogP contribution in [0, 0.1) is 0 Å². The van der Waals surface area contributed by atoms with E-state index >= 15 is 0 Å². The number of nitrogens with zero attached hydrogens (tertiary/aromatic N) is 1. The Bertz CT molecular complexity index is 458. The van der Waals surface area contributed by atoms with Crippen LogP contribution in [0.3, 0.4) is 0 Å². The number of amides is 1. The van der Waals surface area contributed by atoms with Crippen LogP contribution in [0.5, 0.6) is 5.75 Å². The van der Waals surface area contributed by atoms with Crippen molar-refractivity contribution >= 4 is 5.91 Å². The predicted octanol–water partition coefficient (Wildman–Crippen LogP) is 1.29. The molecular weight excluding hydrogens is 256 g/mol. The average Bonchev–Trinajstić information content (AvgIpc) is 2.48. The van der Waals surface area contributed by atoms with Gasteiger partial charge in [-0.15, -0.1) is 0 Å². The number of morpholine rings is 1. The maximum atomic E-state index is 12.5. The first kappa shape index (κ1) is 14.8. The van der Waals surface area contributed by atoms with Crippen LogP contribution in [-0.2, 0) is 9.53 Å². The average molecular weight is 278 g/mol. The van der Waals surface area contributed by atoms with E-state index in [0.29, 0.717) is 19.7 Å². The molecular formula is C15H22N2O3. The summed E-state index contributed by atoms with van der Waals surface area (Å²) in [4.78, 5) is 14.3. The van der Waals surface area contributed by atoms with Crippen LogP contribution in [0.15, 0.2) is 24.3 Å². The Hall–Kier alpha value is -1.59. The molecule has 0 aromatic heterocycles. The number of phenolic OH excluding ortho intramolecular Hbond substituents is 1. The van der Waals surface area contributed by atoms with Gasteiger partial charge in [-0.1, -0.05) is 12.1 Å². The molecule has 1 aromatic carbocycles. The molecule has 2 atom stereocenters. The zero-order valence-electron chi connectivity index (χ0n) is 12.0. The number of phenols is 1. The predicted molar refractivity (Wildman–Crippen MR) is 76.5 cm³/mol. The number of hydrogen-bond donors (Lipinski definition) is 2. The maximum absolute atomic E-state index is 12.5. The summed E-state index contributed by atoms with van der Waals surface area (Å²) < 4.78 is 5.53. The first-order chi connectivity index (χ1) is 9.63. The number of rotatable bonds is 4. The van der Waals surface area contributed by atoms with Gasteiger partial charge < -0.3 is 20.1 Å². The van der Waals surface area contributed by atoms with Gasteiger partial charge in [-0.3, -0.25) is 4.79 Å². The highest BCUT2D eigenvalue weighted by molar-refractivity contribution is 5.81. The summed E-state index contributed by atoms with van der Waals surface area (Å²) in [5.74, 6) is 0.212. The second kappa shape index (κ2) is 6.72. The van der Waals surface area contributed by atoms with Gasteiger partial charge in [0.25, 0.3) is 5.91 Å². The third kappa shape index (κ3) is 3.29. The van der Waals surface area contributed by atoms with Gasteiger partial charge in [-0.05, 0) is 31.5 Å². The summed E-state index contributed by atoms with van der Waals surface area (Å²) in [5.41, 5.74) is 0.920. The molecule has 0 radical (unpaired) electrons. The number of aromatic hydroxyl groups is 1. The molecule has 20 heavy (non-hydrogen) atoms. The van der Waals surface area contributed by atoms with Gasteiger partial charge in [-0.2, -0.15) is 0 Å². The molecule has 5 nitrogen and oxygen atoms in total. The lowest BCUT2D eigenvalue weighted by molar-refractivity contribution is -0.147. The first-order valence-corrected chi connectivity index (χ1v) is 7.05. The lowest BCUT2D eigenvalue weighted by atomic mass is 10.1. The molecule has 2 rings (SSSR count). The van der Waals surface area contributed by atoms with Gasteiger partial charge in [0.05, 0.1) is 12.6 Å². The molecule has 5 heteroatoms. The number of hydrogen-bond acceptors (Lipinski definition) is 4. The molecule has 1 fully saturated rings. The lowest BCUT2D eigenvalue weighted by Crippen LogP contribution is -2.49. The molecule has 1 aromatic rings. The highest BCUT2D eigenvalue weighted by Gasteiger charge is 2.29. The zero-order chi connectivity index (χ0) is 14.5. The van der Waals surface area contributed by atoms with Gasteiger partial charge in [0, 0.05) is 19.6 Å². The fourth-order valence-corrected chi connectivity index (χ4v) is 2.49. The van der Waals surface area contributed by atoms with Crippen LogP contribution in [0.25, 0.3) is 0 Å². The van der Waals surface area contributed by atoms with Crippen LogP contribution < -0.4 is 5.32 Å². The van der Waals surface area contributed by atoms with Crippen molar-refractivity contribution in [3.63, 3.8) is 0 Å². The molecule has 0 bridgehead atoms. The van der Waals surface area contributed by atoms with E-state index in [1.165, 1.54) is 0 Å². The van der Waals surface area contributed by atoms with Gasteiger partial charge in [0.1, 0.15) is 11.9 Å². The van der Waals surface area contributed by atoms with Crippen molar-refractivity contribution in [3.8, 4) is 5.75 Å². The summed E-state index contributed by atoms with van der Waals surface area (Å²) in [6.45, 7) is 6.43. The van der Waals surface area contributed by atoms with Crippen LogP contribution in [0.2, 0.25) is 0 Å². The third-order valence-electron chi connectivity index (χ3n) is 3.65. The van der Waals surface area contributed by atoms with Gasteiger partial charge in [-0.25, -0.2) is 0 Å². The Kier molecular flexibility index (Phi) is 4.98. The monoisotopic (exact) mass is 278 g/mol. The smallest absolute Gasteiger partial charge is 0.253 e. The number of carbonyl (C=O) groups excluding carboxylic acids is 1. The molecule has 2 unspecified atom stereocenters. The molecule has 110 valence electrons. The summed E-state index contributed by atoms with van der Waals surface area (Å²) in [7, 11) is 0. The molecule has 1 heterocycles. The van der Waals surface area contributed by atoms with E-state index < -0.39 is 6.10 Å². The summed E-state index contributed by atoms with van der Waals surface area (Å²) in [6, 6.07) is 6.94. The van der Waals surface area contributed by atoms with E-state index in [0.717, 1.165) is 12.1 Å². The van der Waals surface area contributed by atoms with Crippen molar-refractivity contribution in [1.82, 2.24) is 10.2 Å². The van der Waals surface area contributed by atoms with E-state index in [9.17, 15) is 9.90 Å². The molecule has 1 aliphatic rings. The van der Waals surface area contributed by atoms with Crippen LogP contribution >= 0.6 is 0 Å². The van der Waals surface area contributed by atoms with E-state index in [-0.39, 0.29) is 17.7 Å². The fraction of sp³-hybridized carbons (Fsp3) is 0.533. The first-order valence-electron chi connectivity index (χ1n) is 7.05. The van der Waals surface area contributed by atoms with Gasteiger partial charge in [0.15, 0.2) is 0 Å². The topological polar surface area (TPSA) is 61.8 Å². The minimum absolute atomic E-state index is 0.00413. The fourth-order valence-electron chi connectivity index (χ4n) is 2.49. The Morgan fingerprint density at radius 2 is 2.40 bits per heavy atom. The molecule has 2 N–H and O–H groups in total. The number of benzene rings is 1. The Morgan fingerprint density at radius 1 is 1.60 bits per heavy atom. The SMILES string of the molecule is CCN(C(=O)C1CNCCO1)C(C)c1cccc(O)c1. The number of likely N-dealkylation sites (N-methyl/N-ethyl adjacent to an activating group) is 1. The highest BCUT2D eigenvalue weighted by Crippen LogP contribution is 2.24. The molecule has 0 spiro atoms. The maximum Gasteiger partial charge on any atom is 0.253 e. The van der Waals surface area contributed by atoms with Crippen molar-refractivity contribution in [2.45, 2.75) is 26.0 Å². The molecule has 0 saturated carbocycles. The molecule has 0 aliphatic carbocycles. The van der Waals surface area contributed by atoms with Crippen LogP contribution in [0.4, 0.5) is 0 Å². The van der Waals surface area contributed by atoms with Crippen molar-refractivity contribution < 1.29 is 14.6 Å². The molecule has 1 amide bonds. The second-order valence-corrected chi connectivity index (χ2v) is 4.96. The minimum Gasteiger partial charge on any atom is -0.508 e. The Balaban J connectivity index is 2.12. The Morgan fingerprint density at radius 3 is 3.00 bits per heavy atom. The third-order valence-corrected chi connectivity index (χ3v) is 3.65. The van der Waals surface area contributed by atoms with E-state index in [2.05, 4.69) is 5.32 Å². The minimum atomic E-state index is -0.413. The normalized spacial score (nSPS) is 20.4. The Labute approximate surface area is 119 Å². The lowest BCUT2D eigenvalue weighted by Gasteiger charge is -2.33. The van der Waals surface area contributed by atoms with Crippen LogP contribution in [-0.4, -0.2) is 48.3 Å². The molecule has 1 saturated heterocycles. The van der Waals surface area contributed by atoms with E-state index in [1.807, 2.05) is 19.9 Å². The highest BCUT2D eigenvalue weighted by atomic mass is 16.5. The quantitative estimate of drug-likeness (QED) is 0.871. The summed E-state index contributed by atoms with van der Waals surface area (Å²) in [6.07, 6.45) is -0.413. The van der Waals surface area contributed by atoms with Crippen molar-refractivity contribution in [3.05, 3.63) is 29.8 Å². The summed E-state index contributed by atoms with van der Waals surface area (Å²) >= 11 is 0. The van der Waals surface area contributed by atoms with Crippen molar-refractivity contribution in [1.29, 1.82) is 0 Å². The summed E-state index contributed by atoms with van der Waals surface area (Å²) in [5, 5.41) is 12.7. The van der Waals surface area contributed by atoms with E-state index in [4.69, 9.17) is 4.74 Å². The van der Waals surface area contributed by atoms with Gasteiger partial charge >= 0.3 is 0 Å². The van der Waals surface area contributed by atoms with Crippen molar-refractivity contribution in [2.75, 3.05) is 26.2 Å². The van der Waals surface area contributed by atoms with Gasteiger partial charge in [0.2, 0.25) is 0 Å². The number of ether oxygens (including phenoxy) is 1. The zero-order valence-corrected chi connectivity index (χ0v) is 12.0.